The van der Waals surface area contributed by atoms with E-state index in [1.54, 1.807) is 18.2 Å². The molecule has 0 bridgehead atoms. The Morgan fingerprint density at radius 2 is 1.96 bits per heavy atom. The molecule has 0 aliphatic rings. The monoisotopic (exact) mass is 473 g/mol. The van der Waals surface area contributed by atoms with E-state index in [0.717, 1.165) is 3.57 Å². The molecule has 8 heteroatoms. The molecule has 1 amide bonds. The number of aromatic nitrogens is 1. The van der Waals surface area contributed by atoms with Gasteiger partial charge < -0.3 is 20.1 Å². The number of carbonyl (C=O) groups excluding carboxylic acids is 1. The van der Waals surface area contributed by atoms with E-state index >= 15 is 0 Å². The molecular weight excluding hydrogens is 452 g/mol. The molecule has 0 saturated heterocycles. The van der Waals surface area contributed by atoms with Gasteiger partial charge in [-0.05, 0) is 60.7 Å². The lowest BCUT2D eigenvalue weighted by Crippen LogP contribution is -2.35. The standard InChI is InChI=1S/C18H21FIN3O3/c1-3-25-17(26-4-2)11-22-18(24)13-7-8-21-10-16(13)23-15-6-5-12(20)9-14(15)19/h5-10,17,23H,3-4,11H2,1-2H3,(H,22,24). The molecule has 0 spiro atoms. The summed E-state index contributed by atoms with van der Waals surface area (Å²) in [6.45, 7) is 4.88. The number of nitrogens with one attached hydrogen (secondary N) is 2. The van der Waals surface area contributed by atoms with Crippen molar-refractivity contribution in [1.29, 1.82) is 0 Å². The van der Waals surface area contributed by atoms with Gasteiger partial charge in [-0.3, -0.25) is 9.78 Å². The molecule has 1 aromatic carbocycles. The molecule has 0 saturated carbocycles. The summed E-state index contributed by atoms with van der Waals surface area (Å²) in [5.41, 5.74) is 1.04. The highest BCUT2D eigenvalue weighted by atomic mass is 127. The maximum atomic E-state index is 14.1. The van der Waals surface area contributed by atoms with E-state index < -0.39 is 12.1 Å². The topological polar surface area (TPSA) is 72.5 Å². The van der Waals surface area contributed by atoms with Crippen LogP contribution in [0.15, 0.2) is 36.7 Å². The molecule has 0 atom stereocenters. The second kappa shape index (κ2) is 10.4. The molecule has 6 nitrogen and oxygen atoms in total. The molecular formula is C18H21FIN3O3. The maximum Gasteiger partial charge on any atom is 0.253 e. The normalized spacial score (nSPS) is 10.8. The highest BCUT2D eigenvalue weighted by molar-refractivity contribution is 14.1. The van der Waals surface area contributed by atoms with Crippen LogP contribution >= 0.6 is 22.6 Å². The van der Waals surface area contributed by atoms with Gasteiger partial charge in [0.1, 0.15) is 5.82 Å². The SMILES string of the molecule is CCOC(CNC(=O)c1ccncc1Nc1ccc(I)cc1F)OCC. The fraction of sp³-hybridized carbons (Fsp3) is 0.333. The van der Waals surface area contributed by atoms with E-state index in [2.05, 4.69) is 15.6 Å². The van der Waals surface area contributed by atoms with Crippen LogP contribution in [0.3, 0.4) is 0 Å². The van der Waals surface area contributed by atoms with Crippen LogP contribution in [-0.4, -0.2) is 36.9 Å². The zero-order valence-electron chi connectivity index (χ0n) is 14.6. The van der Waals surface area contributed by atoms with Gasteiger partial charge in [-0.1, -0.05) is 0 Å². The van der Waals surface area contributed by atoms with Crippen molar-refractivity contribution in [3.05, 3.63) is 51.6 Å². The average Bonchev–Trinajstić information content (AvgIpc) is 2.62. The maximum absolute atomic E-state index is 14.1. The van der Waals surface area contributed by atoms with Gasteiger partial charge in [-0.2, -0.15) is 0 Å². The minimum absolute atomic E-state index is 0.209. The highest BCUT2D eigenvalue weighted by Crippen LogP contribution is 2.23. The molecule has 0 radical (unpaired) electrons. The predicted octanol–water partition coefficient (Wildman–Crippen LogP) is 3.70. The Morgan fingerprint density at radius 1 is 1.23 bits per heavy atom. The third kappa shape index (κ3) is 5.89. The zero-order valence-corrected chi connectivity index (χ0v) is 16.7. The lowest BCUT2D eigenvalue weighted by Gasteiger charge is -2.18. The summed E-state index contributed by atoms with van der Waals surface area (Å²) in [6, 6.07) is 6.37. The number of nitrogens with zero attached hydrogens (tertiary/aromatic N) is 1. The van der Waals surface area contributed by atoms with Gasteiger partial charge in [0.15, 0.2) is 6.29 Å². The van der Waals surface area contributed by atoms with Gasteiger partial charge in [-0.15, -0.1) is 0 Å². The van der Waals surface area contributed by atoms with Crippen LogP contribution in [0.25, 0.3) is 0 Å². The van der Waals surface area contributed by atoms with Gasteiger partial charge in [0, 0.05) is 23.0 Å². The van der Waals surface area contributed by atoms with Crippen molar-refractivity contribution in [2.45, 2.75) is 20.1 Å². The lowest BCUT2D eigenvalue weighted by atomic mass is 10.2. The van der Waals surface area contributed by atoms with Gasteiger partial charge in [0.25, 0.3) is 5.91 Å². The summed E-state index contributed by atoms with van der Waals surface area (Å²) >= 11 is 2.03. The number of ether oxygens (including phenoxy) is 2. The van der Waals surface area contributed by atoms with Crippen molar-refractivity contribution in [3.63, 3.8) is 0 Å². The zero-order chi connectivity index (χ0) is 18.9. The van der Waals surface area contributed by atoms with E-state index in [0.29, 0.717) is 24.5 Å². The molecule has 1 aromatic heterocycles. The van der Waals surface area contributed by atoms with Crippen LogP contribution in [0.4, 0.5) is 15.8 Å². The van der Waals surface area contributed by atoms with E-state index in [1.165, 1.54) is 18.5 Å². The van der Waals surface area contributed by atoms with Crippen molar-refractivity contribution in [2.75, 3.05) is 25.1 Å². The minimum atomic E-state index is -0.513. The van der Waals surface area contributed by atoms with Crippen LogP contribution in [0.5, 0.6) is 0 Å². The largest absolute Gasteiger partial charge is 0.351 e. The van der Waals surface area contributed by atoms with Crippen LogP contribution in [0, 0.1) is 9.39 Å². The number of halogens is 2. The first-order chi connectivity index (χ1) is 12.5. The molecule has 140 valence electrons. The van der Waals surface area contributed by atoms with Crippen LogP contribution in [-0.2, 0) is 9.47 Å². The van der Waals surface area contributed by atoms with E-state index in [4.69, 9.17) is 9.47 Å². The third-order valence-electron chi connectivity index (χ3n) is 3.40. The quantitative estimate of drug-likeness (QED) is 0.430. The molecule has 0 aliphatic heterocycles. The Bertz CT molecular complexity index is 739. The Balaban J connectivity index is 2.11. The molecule has 0 fully saturated rings. The molecule has 2 aromatic rings. The Morgan fingerprint density at radius 3 is 2.62 bits per heavy atom. The van der Waals surface area contributed by atoms with Crippen molar-refractivity contribution >= 4 is 39.9 Å². The summed E-state index contributed by atoms with van der Waals surface area (Å²) < 4.78 is 25.7. The average molecular weight is 473 g/mol. The molecule has 2 N–H and O–H groups in total. The van der Waals surface area contributed by atoms with Gasteiger partial charge in [-0.25, -0.2) is 4.39 Å². The van der Waals surface area contributed by atoms with Crippen molar-refractivity contribution < 1.29 is 18.7 Å². The number of carbonyl (C=O) groups is 1. The second-order valence-corrected chi connectivity index (χ2v) is 6.47. The summed E-state index contributed by atoms with van der Waals surface area (Å²) in [4.78, 5) is 16.5. The smallest absolute Gasteiger partial charge is 0.253 e. The molecule has 0 unspecified atom stereocenters. The lowest BCUT2D eigenvalue weighted by molar-refractivity contribution is -0.131. The van der Waals surface area contributed by atoms with E-state index in [-0.39, 0.29) is 18.1 Å². The summed E-state index contributed by atoms with van der Waals surface area (Å²) in [5, 5.41) is 5.69. The summed E-state index contributed by atoms with van der Waals surface area (Å²) in [5.74, 6) is -0.731. The van der Waals surface area contributed by atoms with Crippen LogP contribution in [0.1, 0.15) is 24.2 Å². The fourth-order valence-electron chi connectivity index (χ4n) is 2.24. The number of hydrogen-bond donors (Lipinski definition) is 2. The van der Waals surface area contributed by atoms with E-state index in [1.807, 2.05) is 36.4 Å². The number of pyridine rings is 1. The Labute approximate surface area is 165 Å². The number of benzene rings is 1. The van der Waals surface area contributed by atoms with Gasteiger partial charge >= 0.3 is 0 Å². The number of hydrogen-bond acceptors (Lipinski definition) is 5. The third-order valence-corrected chi connectivity index (χ3v) is 4.07. The minimum Gasteiger partial charge on any atom is -0.351 e. The van der Waals surface area contributed by atoms with E-state index in [9.17, 15) is 9.18 Å². The highest BCUT2D eigenvalue weighted by Gasteiger charge is 2.15. The molecule has 2 rings (SSSR count). The molecule has 26 heavy (non-hydrogen) atoms. The summed E-state index contributed by atoms with van der Waals surface area (Å²) in [7, 11) is 0. The van der Waals surface area contributed by atoms with Crippen LogP contribution in [0.2, 0.25) is 0 Å². The number of anilines is 2. The van der Waals surface area contributed by atoms with Crippen molar-refractivity contribution in [2.24, 2.45) is 0 Å². The molecule has 1 heterocycles. The first kappa shape index (κ1) is 20.5. The fourth-order valence-corrected chi connectivity index (χ4v) is 2.69. The first-order valence-corrected chi connectivity index (χ1v) is 9.30. The predicted molar refractivity (Wildman–Crippen MR) is 106 cm³/mol. The van der Waals surface area contributed by atoms with Crippen LogP contribution < -0.4 is 10.6 Å². The number of amides is 1. The van der Waals surface area contributed by atoms with Crippen molar-refractivity contribution in [3.8, 4) is 0 Å². The van der Waals surface area contributed by atoms with Gasteiger partial charge in [0.2, 0.25) is 0 Å². The Kier molecular flexibility index (Phi) is 8.20. The Hall–Kier alpha value is -1.78. The number of rotatable bonds is 9. The van der Waals surface area contributed by atoms with Crippen molar-refractivity contribution in [1.82, 2.24) is 10.3 Å². The first-order valence-electron chi connectivity index (χ1n) is 8.22. The molecule has 0 aliphatic carbocycles. The summed E-state index contributed by atoms with van der Waals surface area (Å²) in [6.07, 6.45) is 2.47. The second-order valence-electron chi connectivity index (χ2n) is 5.22. The van der Waals surface area contributed by atoms with Gasteiger partial charge in [0.05, 0.1) is 29.7 Å².